The summed E-state index contributed by atoms with van der Waals surface area (Å²) in [7, 11) is 0. The number of aromatic nitrogens is 2. The highest BCUT2D eigenvalue weighted by atomic mass is 32.1. The molecular formula is C20H23N5O2S. The van der Waals surface area contributed by atoms with E-state index in [0.717, 1.165) is 52.8 Å². The summed E-state index contributed by atoms with van der Waals surface area (Å²) in [5, 5.41) is 7.25. The zero-order valence-electron chi connectivity index (χ0n) is 15.8. The van der Waals surface area contributed by atoms with E-state index in [1.807, 2.05) is 43.3 Å². The molecule has 1 aliphatic heterocycles. The summed E-state index contributed by atoms with van der Waals surface area (Å²) in [5.74, 6) is 1.44. The van der Waals surface area contributed by atoms with E-state index >= 15 is 0 Å². The van der Waals surface area contributed by atoms with Crippen LogP contribution in [0.3, 0.4) is 0 Å². The summed E-state index contributed by atoms with van der Waals surface area (Å²) in [6, 6.07) is 11.9. The Bertz CT molecular complexity index is 935. The normalized spacial score (nSPS) is 14.2. The van der Waals surface area contributed by atoms with E-state index in [9.17, 15) is 4.79 Å². The minimum Gasteiger partial charge on any atom is -0.378 e. The van der Waals surface area contributed by atoms with Gasteiger partial charge in [-0.2, -0.15) is 4.98 Å². The second-order valence-electron chi connectivity index (χ2n) is 6.62. The molecule has 1 aliphatic rings. The monoisotopic (exact) mass is 397 g/mol. The number of anilines is 2. The number of morpholine rings is 1. The van der Waals surface area contributed by atoms with E-state index in [4.69, 9.17) is 4.74 Å². The van der Waals surface area contributed by atoms with Gasteiger partial charge >= 0.3 is 0 Å². The molecule has 1 fully saturated rings. The number of nitrogens with zero attached hydrogens (tertiary/aromatic N) is 3. The van der Waals surface area contributed by atoms with Crippen LogP contribution in [0.4, 0.5) is 11.8 Å². The highest BCUT2D eigenvalue weighted by Gasteiger charge is 2.14. The molecule has 0 atom stereocenters. The van der Waals surface area contributed by atoms with Crippen molar-refractivity contribution in [2.45, 2.75) is 6.92 Å². The van der Waals surface area contributed by atoms with E-state index in [1.165, 1.54) is 11.3 Å². The molecule has 28 heavy (non-hydrogen) atoms. The zero-order valence-corrected chi connectivity index (χ0v) is 16.6. The Hall–Kier alpha value is -2.71. The molecule has 146 valence electrons. The van der Waals surface area contributed by atoms with E-state index in [2.05, 4.69) is 25.5 Å². The standard InChI is InChI=1S/C20H23N5O2S/c1-14-12-18(25-8-10-27-11-9-25)24-20(23-14)22-7-6-21-19(26)17-13-15-4-2-3-5-16(15)28-17/h2-5,12-13H,6-11H2,1H3,(H,21,26)(H,22,23,24). The van der Waals surface area contributed by atoms with E-state index in [-0.39, 0.29) is 5.91 Å². The number of nitrogens with one attached hydrogen (secondary N) is 2. The van der Waals surface area contributed by atoms with Crippen LogP contribution >= 0.6 is 11.3 Å². The van der Waals surface area contributed by atoms with E-state index in [0.29, 0.717) is 19.0 Å². The lowest BCUT2D eigenvalue weighted by Gasteiger charge is -2.28. The van der Waals surface area contributed by atoms with Crippen LogP contribution in [0.25, 0.3) is 10.1 Å². The van der Waals surface area contributed by atoms with Crippen molar-refractivity contribution in [2.75, 3.05) is 49.6 Å². The highest BCUT2D eigenvalue weighted by Crippen LogP contribution is 2.25. The van der Waals surface area contributed by atoms with Crippen LogP contribution in [0.5, 0.6) is 0 Å². The van der Waals surface area contributed by atoms with Gasteiger partial charge in [0.2, 0.25) is 5.95 Å². The van der Waals surface area contributed by atoms with Gasteiger partial charge in [-0.1, -0.05) is 18.2 Å². The van der Waals surface area contributed by atoms with Crippen molar-refractivity contribution in [3.05, 3.63) is 47.0 Å². The Kier molecular flexibility index (Phi) is 5.68. The first kappa shape index (κ1) is 18.6. The molecule has 7 nitrogen and oxygen atoms in total. The summed E-state index contributed by atoms with van der Waals surface area (Å²) < 4.78 is 6.52. The van der Waals surface area contributed by atoms with Crippen molar-refractivity contribution >= 4 is 39.1 Å². The number of fused-ring (bicyclic) bond motifs is 1. The number of hydrogen-bond donors (Lipinski definition) is 2. The lowest BCUT2D eigenvalue weighted by molar-refractivity contribution is 0.0959. The number of hydrogen-bond acceptors (Lipinski definition) is 7. The number of benzene rings is 1. The fraction of sp³-hybridized carbons (Fsp3) is 0.350. The van der Waals surface area contributed by atoms with Gasteiger partial charge in [0.05, 0.1) is 18.1 Å². The van der Waals surface area contributed by atoms with Crippen molar-refractivity contribution in [3.63, 3.8) is 0 Å². The van der Waals surface area contributed by atoms with Crippen molar-refractivity contribution in [3.8, 4) is 0 Å². The van der Waals surface area contributed by atoms with Gasteiger partial charge in [-0.3, -0.25) is 4.79 Å². The fourth-order valence-electron chi connectivity index (χ4n) is 3.12. The number of ether oxygens (including phenoxy) is 1. The largest absolute Gasteiger partial charge is 0.378 e. The van der Waals surface area contributed by atoms with Gasteiger partial charge < -0.3 is 20.3 Å². The van der Waals surface area contributed by atoms with Gasteiger partial charge in [-0.25, -0.2) is 4.98 Å². The van der Waals surface area contributed by atoms with Crippen molar-refractivity contribution in [1.29, 1.82) is 0 Å². The molecular weight excluding hydrogens is 374 g/mol. The average Bonchev–Trinajstić information content (AvgIpc) is 3.16. The zero-order chi connectivity index (χ0) is 19.3. The predicted molar refractivity (Wildman–Crippen MR) is 112 cm³/mol. The molecule has 1 aromatic carbocycles. The topological polar surface area (TPSA) is 79.4 Å². The maximum absolute atomic E-state index is 12.4. The first-order chi connectivity index (χ1) is 13.7. The Morgan fingerprint density at radius 2 is 2.00 bits per heavy atom. The Morgan fingerprint density at radius 3 is 2.82 bits per heavy atom. The van der Waals surface area contributed by atoms with Crippen LogP contribution in [0, 0.1) is 6.92 Å². The van der Waals surface area contributed by atoms with Crippen LogP contribution in [-0.2, 0) is 4.74 Å². The maximum Gasteiger partial charge on any atom is 0.261 e. The quantitative estimate of drug-likeness (QED) is 0.623. The maximum atomic E-state index is 12.4. The average molecular weight is 398 g/mol. The molecule has 3 heterocycles. The summed E-state index contributed by atoms with van der Waals surface area (Å²) in [6.45, 7) is 6.12. The smallest absolute Gasteiger partial charge is 0.261 e. The molecule has 0 unspecified atom stereocenters. The number of carbonyl (C=O) groups is 1. The van der Waals surface area contributed by atoms with Gasteiger partial charge in [-0.05, 0) is 24.4 Å². The third kappa shape index (κ3) is 4.40. The first-order valence-corrected chi connectivity index (χ1v) is 10.2. The second kappa shape index (κ2) is 8.53. The SMILES string of the molecule is Cc1cc(N2CCOCC2)nc(NCCNC(=O)c2cc3ccccc3s2)n1. The van der Waals surface area contributed by atoms with Crippen LogP contribution in [0.2, 0.25) is 0 Å². The van der Waals surface area contributed by atoms with Crippen molar-refractivity contribution < 1.29 is 9.53 Å². The third-order valence-corrected chi connectivity index (χ3v) is 5.63. The molecule has 0 spiro atoms. The summed E-state index contributed by atoms with van der Waals surface area (Å²) >= 11 is 1.51. The summed E-state index contributed by atoms with van der Waals surface area (Å²) in [4.78, 5) is 24.3. The molecule has 0 aliphatic carbocycles. The molecule has 2 N–H and O–H groups in total. The molecule has 4 rings (SSSR count). The molecule has 2 aromatic heterocycles. The third-order valence-electron chi connectivity index (χ3n) is 4.52. The predicted octanol–water partition coefficient (Wildman–Crippen LogP) is 2.68. The number of rotatable bonds is 6. The molecule has 8 heteroatoms. The number of amides is 1. The van der Waals surface area contributed by atoms with Crippen LogP contribution in [0.15, 0.2) is 36.4 Å². The Labute approximate surface area is 167 Å². The second-order valence-corrected chi connectivity index (χ2v) is 7.71. The number of thiophene rings is 1. The minimum atomic E-state index is -0.0535. The molecule has 1 saturated heterocycles. The van der Waals surface area contributed by atoms with Gasteiger partial charge in [0.1, 0.15) is 5.82 Å². The first-order valence-electron chi connectivity index (χ1n) is 9.38. The lowest BCUT2D eigenvalue weighted by atomic mass is 10.2. The van der Waals surface area contributed by atoms with E-state index in [1.54, 1.807) is 0 Å². The van der Waals surface area contributed by atoms with Crippen LogP contribution < -0.4 is 15.5 Å². The van der Waals surface area contributed by atoms with Gasteiger partial charge in [0.25, 0.3) is 5.91 Å². The number of carbonyl (C=O) groups excluding carboxylic acids is 1. The van der Waals surface area contributed by atoms with Crippen LogP contribution in [0.1, 0.15) is 15.4 Å². The highest BCUT2D eigenvalue weighted by molar-refractivity contribution is 7.20. The lowest BCUT2D eigenvalue weighted by Crippen LogP contribution is -2.37. The molecule has 1 amide bonds. The molecule has 0 radical (unpaired) electrons. The van der Waals surface area contributed by atoms with E-state index < -0.39 is 0 Å². The minimum absolute atomic E-state index is 0.0535. The van der Waals surface area contributed by atoms with Crippen molar-refractivity contribution in [2.24, 2.45) is 0 Å². The van der Waals surface area contributed by atoms with Crippen LogP contribution in [-0.4, -0.2) is 55.3 Å². The Morgan fingerprint density at radius 1 is 1.18 bits per heavy atom. The number of aryl methyl sites for hydroxylation is 1. The summed E-state index contributed by atoms with van der Waals surface area (Å²) in [6.07, 6.45) is 0. The molecule has 3 aromatic rings. The molecule has 0 saturated carbocycles. The Balaban J connectivity index is 1.31. The fourth-order valence-corrected chi connectivity index (χ4v) is 4.10. The molecule has 0 bridgehead atoms. The van der Waals surface area contributed by atoms with Crippen molar-refractivity contribution in [1.82, 2.24) is 15.3 Å². The van der Waals surface area contributed by atoms with Gasteiger partial charge in [0, 0.05) is 42.6 Å². The van der Waals surface area contributed by atoms with Gasteiger partial charge in [0.15, 0.2) is 0 Å². The summed E-state index contributed by atoms with van der Waals surface area (Å²) in [5.41, 5.74) is 0.910. The van der Waals surface area contributed by atoms with Gasteiger partial charge in [-0.15, -0.1) is 11.3 Å².